The van der Waals surface area contributed by atoms with Crippen molar-refractivity contribution in [3.05, 3.63) is 34.7 Å². The molecule has 0 bridgehead atoms. The van der Waals surface area contributed by atoms with Crippen LogP contribution in [0.2, 0.25) is 0 Å². The third-order valence-corrected chi connectivity index (χ3v) is 4.44. The second-order valence-electron chi connectivity index (χ2n) is 6.19. The lowest BCUT2D eigenvalue weighted by atomic mass is 9.73. The average Bonchev–Trinajstić information content (AvgIpc) is 2.57. The fraction of sp³-hybridized carbons (Fsp3) is 0.412. The predicted octanol–water partition coefficient (Wildman–Crippen LogP) is 2.33. The number of carboxylic acid groups (broad SMARTS) is 1. The lowest BCUT2D eigenvalue weighted by Crippen LogP contribution is -2.55. The number of carbonyl (C=O) groups is 3. The highest BCUT2D eigenvalue weighted by Gasteiger charge is 2.56. The summed E-state index contributed by atoms with van der Waals surface area (Å²) in [6.07, 6.45) is -5.15. The van der Waals surface area contributed by atoms with Crippen LogP contribution >= 0.6 is 0 Å². The summed E-state index contributed by atoms with van der Waals surface area (Å²) in [4.78, 5) is 40.0. The molecule has 2 rings (SSSR count). The molecule has 0 radical (unpaired) electrons. The Balaban J connectivity index is 2.68. The van der Waals surface area contributed by atoms with Gasteiger partial charge in [0.2, 0.25) is 11.4 Å². The molecule has 1 aromatic heterocycles. The van der Waals surface area contributed by atoms with Crippen molar-refractivity contribution in [2.45, 2.75) is 32.0 Å². The molecule has 1 aliphatic carbocycles. The number of aliphatic hydroxyl groups excluding tert-OH is 1. The number of ether oxygens (including phenoxy) is 1. The maximum atomic E-state index is 12.7. The number of aliphatic hydroxyl groups is 1. The van der Waals surface area contributed by atoms with Crippen LogP contribution in [0.25, 0.3) is 5.76 Å². The van der Waals surface area contributed by atoms with Gasteiger partial charge in [0.1, 0.15) is 17.0 Å². The van der Waals surface area contributed by atoms with Crippen LogP contribution in [-0.4, -0.2) is 45.4 Å². The van der Waals surface area contributed by atoms with E-state index in [4.69, 9.17) is 4.74 Å². The van der Waals surface area contributed by atoms with Crippen molar-refractivity contribution < 1.29 is 42.5 Å². The molecule has 2 unspecified atom stereocenters. The summed E-state index contributed by atoms with van der Waals surface area (Å²) < 4.78 is 43.1. The molecule has 1 aromatic rings. The first kappa shape index (κ1) is 20.6. The van der Waals surface area contributed by atoms with Gasteiger partial charge in [-0.25, -0.2) is 9.78 Å². The molecule has 0 spiro atoms. The van der Waals surface area contributed by atoms with E-state index in [1.165, 1.54) is 6.92 Å². The predicted molar refractivity (Wildman–Crippen MR) is 84.7 cm³/mol. The highest BCUT2D eigenvalue weighted by atomic mass is 19.4. The van der Waals surface area contributed by atoms with Gasteiger partial charge in [0.25, 0.3) is 0 Å². The number of aryl methyl sites for hydroxylation is 1. The van der Waals surface area contributed by atoms with Gasteiger partial charge in [0, 0.05) is 30.7 Å². The molecule has 0 aliphatic heterocycles. The lowest BCUT2D eigenvalue weighted by molar-refractivity contribution is -0.171. The van der Waals surface area contributed by atoms with Crippen molar-refractivity contribution in [1.29, 1.82) is 0 Å². The van der Waals surface area contributed by atoms with Crippen LogP contribution in [0, 0.1) is 12.8 Å². The van der Waals surface area contributed by atoms with E-state index in [-0.39, 0.29) is 11.3 Å². The van der Waals surface area contributed by atoms with Gasteiger partial charge >= 0.3 is 12.1 Å². The van der Waals surface area contributed by atoms with E-state index >= 15 is 0 Å². The van der Waals surface area contributed by atoms with Crippen LogP contribution in [-0.2, 0) is 25.3 Å². The Labute approximate surface area is 151 Å². The molecular weight excluding hydrogens is 371 g/mol. The van der Waals surface area contributed by atoms with E-state index in [2.05, 4.69) is 4.98 Å². The molecule has 2 atom stereocenters. The zero-order valence-corrected chi connectivity index (χ0v) is 14.5. The minimum atomic E-state index is -4.72. The van der Waals surface area contributed by atoms with Crippen LogP contribution in [0.1, 0.15) is 30.3 Å². The van der Waals surface area contributed by atoms with E-state index in [1.54, 1.807) is 0 Å². The second-order valence-corrected chi connectivity index (χ2v) is 6.19. The Morgan fingerprint density at radius 2 is 1.89 bits per heavy atom. The number of rotatable bonds is 3. The molecule has 1 aliphatic rings. The SMILES string of the molecule is COC1(C(=O)O)CC(C)C(=O)/C(=C(/O)c2ccc(C(F)(F)F)nc2C)C1=O. The fourth-order valence-corrected chi connectivity index (χ4v) is 2.95. The smallest absolute Gasteiger partial charge is 0.433 e. The number of carboxylic acids is 1. The number of halogens is 3. The molecule has 1 saturated carbocycles. The molecular formula is C17H16F3NO6. The van der Waals surface area contributed by atoms with Crippen molar-refractivity contribution in [3.8, 4) is 0 Å². The molecule has 1 heterocycles. The minimum Gasteiger partial charge on any atom is -0.506 e. The molecule has 0 amide bonds. The maximum Gasteiger partial charge on any atom is 0.433 e. The Morgan fingerprint density at radius 1 is 1.30 bits per heavy atom. The van der Waals surface area contributed by atoms with Crippen LogP contribution in [0.15, 0.2) is 17.7 Å². The summed E-state index contributed by atoms with van der Waals surface area (Å²) in [6, 6.07) is 1.45. The first-order valence-electron chi connectivity index (χ1n) is 7.72. The molecule has 1 fully saturated rings. The molecule has 7 nitrogen and oxygen atoms in total. The molecule has 10 heteroatoms. The summed E-state index contributed by atoms with van der Waals surface area (Å²) in [6.45, 7) is 2.51. The van der Waals surface area contributed by atoms with E-state index in [1.807, 2.05) is 0 Å². The van der Waals surface area contributed by atoms with Gasteiger partial charge in [-0.05, 0) is 19.1 Å². The van der Waals surface area contributed by atoms with Gasteiger partial charge in [-0.3, -0.25) is 9.59 Å². The number of ketones is 2. The number of Topliss-reactive ketones (excluding diaryl/α,β-unsaturated/α-hetero) is 2. The third-order valence-electron chi connectivity index (χ3n) is 4.44. The summed E-state index contributed by atoms with van der Waals surface area (Å²) in [5.74, 6) is -5.64. The van der Waals surface area contributed by atoms with Crippen molar-refractivity contribution >= 4 is 23.3 Å². The van der Waals surface area contributed by atoms with Crippen molar-refractivity contribution in [2.75, 3.05) is 7.11 Å². The standard InChI is InChI=1S/C17H16F3NO6/c1-7-6-16(27-3,15(25)26)14(24)11(12(7)22)13(23)9-4-5-10(17(18,19)20)21-8(9)2/h4-5,7,23H,6H2,1-3H3,(H,25,26)/b13-11-. The first-order valence-corrected chi connectivity index (χ1v) is 7.72. The molecule has 27 heavy (non-hydrogen) atoms. The van der Waals surface area contributed by atoms with Crippen LogP contribution in [0.3, 0.4) is 0 Å². The quantitative estimate of drug-likeness (QED) is 0.354. The highest BCUT2D eigenvalue weighted by molar-refractivity contribution is 6.33. The number of aliphatic carboxylic acids is 1. The lowest BCUT2D eigenvalue weighted by Gasteiger charge is -2.34. The number of hydrogen-bond acceptors (Lipinski definition) is 6. The third kappa shape index (κ3) is 3.32. The van der Waals surface area contributed by atoms with E-state index < -0.39 is 58.7 Å². The van der Waals surface area contributed by atoms with Gasteiger partial charge < -0.3 is 14.9 Å². The number of methoxy groups -OCH3 is 1. The summed E-state index contributed by atoms with van der Waals surface area (Å²) in [5, 5.41) is 19.9. The van der Waals surface area contributed by atoms with E-state index in [0.29, 0.717) is 6.07 Å². The molecule has 0 saturated heterocycles. The van der Waals surface area contributed by atoms with Crippen LogP contribution < -0.4 is 0 Å². The summed E-state index contributed by atoms with van der Waals surface area (Å²) in [5.41, 5.74) is -4.99. The van der Waals surface area contributed by atoms with Gasteiger partial charge in [-0.2, -0.15) is 13.2 Å². The number of alkyl halides is 3. The number of hydrogen-bond donors (Lipinski definition) is 2. The van der Waals surface area contributed by atoms with Gasteiger partial charge in [0.05, 0.1) is 0 Å². The Morgan fingerprint density at radius 3 is 2.33 bits per heavy atom. The first-order chi connectivity index (χ1) is 12.4. The molecule has 2 N–H and O–H groups in total. The van der Waals surface area contributed by atoms with Gasteiger partial charge in [-0.15, -0.1) is 0 Å². The van der Waals surface area contributed by atoms with Gasteiger partial charge in [0.15, 0.2) is 5.78 Å². The van der Waals surface area contributed by atoms with Crippen LogP contribution in [0.4, 0.5) is 13.2 Å². The number of carbonyl (C=O) groups excluding carboxylic acids is 2. The topological polar surface area (TPSA) is 114 Å². The maximum absolute atomic E-state index is 12.7. The van der Waals surface area contributed by atoms with Crippen LogP contribution in [0.5, 0.6) is 0 Å². The Kier molecular flexibility index (Phi) is 5.15. The highest BCUT2D eigenvalue weighted by Crippen LogP contribution is 2.37. The monoisotopic (exact) mass is 387 g/mol. The second kappa shape index (κ2) is 6.76. The molecule has 0 aromatic carbocycles. The fourth-order valence-electron chi connectivity index (χ4n) is 2.95. The summed E-state index contributed by atoms with van der Waals surface area (Å²) in [7, 11) is 0.980. The average molecular weight is 387 g/mol. The van der Waals surface area contributed by atoms with E-state index in [0.717, 1.165) is 20.1 Å². The number of aromatic nitrogens is 1. The van der Waals surface area contributed by atoms with Crippen molar-refractivity contribution in [2.24, 2.45) is 5.92 Å². The molecule has 146 valence electrons. The zero-order valence-electron chi connectivity index (χ0n) is 14.5. The zero-order chi connectivity index (χ0) is 20.7. The number of pyridine rings is 1. The van der Waals surface area contributed by atoms with Gasteiger partial charge in [-0.1, -0.05) is 6.92 Å². The van der Waals surface area contributed by atoms with Crippen molar-refractivity contribution in [3.63, 3.8) is 0 Å². The normalized spacial score (nSPS) is 25.5. The largest absolute Gasteiger partial charge is 0.506 e. The van der Waals surface area contributed by atoms with E-state index in [9.17, 15) is 37.8 Å². The Hall–Kier alpha value is -2.75. The van der Waals surface area contributed by atoms with Crippen molar-refractivity contribution in [1.82, 2.24) is 4.98 Å². The minimum absolute atomic E-state index is 0.285. The summed E-state index contributed by atoms with van der Waals surface area (Å²) >= 11 is 0. The number of nitrogens with zero attached hydrogens (tertiary/aromatic N) is 1. The Bertz CT molecular complexity index is 861.